The molecule has 0 amide bonds. The van der Waals surface area contributed by atoms with Crippen LogP contribution in [0, 0.1) is 5.41 Å². The predicted octanol–water partition coefficient (Wildman–Crippen LogP) is 4.80. The summed E-state index contributed by atoms with van der Waals surface area (Å²) in [6.45, 7) is 23.0. The molecule has 0 bridgehead atoms. The van der Waals surface area contributed by atoms with E-state index in [1.807, 2.05) is 0 Å². The number of likely N-dealkylation sites (N-methyl/N-ethyl adjacent to an activating group) is 1. The molecule has 4 nitrogen and oxygen atoms in total. The minimum absolute atomic E-state index is 0.135. The van der Waals surface area contributed by atoms with Gasteiger partial charge in [0.15, 0.2) is 0 Å². The second kappa shape index (κ2) is 15.5. The zero-order valence-electron chi connectivity index (χ0n) is 19.3. The largest absolute Gasteiger partial charge is 0.378 e. The Kier molecular flexibility index (Phi) is 16.4. The van der Waals surface area contributed by atoms with Crippen molar-refractivity contribution < 1.29 is 0 Å². The molecule has 0 aromatic heterocycles. The summed E-state index contributed by atoms with van der Waals surface area (Å²) >= 11 is 0. The fourth-order valence-electron chi connectivity index (χ4n) is 3.61. The van der Waals surface area contributed by atoms with Gasteiger partial charge in [-0.15, -0.1) is 0 Å². The molecule has 0 radical (unpaired) electrons. The van der Waals surface area contributed by atoms with E-state index in [-0.39, 0.29) is 5.41 Å². The third-order valence-corrected chi connectivity index (χ3v) is 6.04. The summed E-state index contributed by atoms with van der Waals surface area (Å²) < 4.78 is 0. The van der Waals surface area contributed by atoms with Crippen LogP contribution in [-0.2, 0) is 0 Å². The molecule has 0 aliphatic carbocycles. The number of rotatable bonds is 13. The molecule has 0 aliphatic rings. The van der Waals surface area contributed by atoms with Crippen LogP contribution in [0.4, 0.5) is 0 Å². The van der Waals surface area contributed by atoms with E-state index in [0.717, 1.165) is 64.8 Å². The van der Waals surface area contributed by atoms with E-state index in [4.69, 9.17) is 11.5 Å². The predicted molar refractivity (Wildman–Crippen MR) is 119 cm³/mol. The molecule has 0 atom stereocenters. The van der Waals surface area contributed by atoms with Crippen molar-refractivity contribution in [2.75, 3.05) is 32.7 Å². The highest BCUT2D eigenvalue weighted by atomic mass is 15.1. The fraction of sp³-hybridized carbons (Fsp3) is 0.909. The molecule has 158 valence electrons. The summed E-state index contributed by atoms with van der Waals surface area (Å²) in [6.07, 6.45) is 9.78. The molecule has 0 aromatic rings. The van der Waals surface area contributed by atoms with Crippen LogP contribution in [0.5, 0.6) is 0 Å². The van der Waals surface area contributed by atoms with Gasteiger partial charge >= 0.3 is 0 Å². The van der Waals surface area contributed by atoms with Crippen LogP contribution in [0.25, 0.3) is 0 Å². The Morgan fingerprint density at radius 1 is 0.731 bits per heavy atom. The van der Waals surface area contributed by atoms with E-state index in [0.29, 0.717) is 0 Å². The van der Waals surface area contributed by atoms with Gasteiger partial charge in [0.05, 0.1) is 5.66 Å². The number of nitrogens with zero attached hydrogens (tertiary/aromatic N) is 2. The second-order valence-electron chi connectivity index (χ2n) is 7.22. The van der Waals surface area contributed by atoms with Gasteiger partial charge in [0.2, 0.25) is 0 Å². The normalized spacial score (nSPS) is 12.4. The Morgan fingerprint density at radius 2 is 1.23 bits per heavy atom. The molecule has 0 spiro atoms. The van der Waals surface area contributed by atoms with Gasteiger partial charge in [0.25, 0.3) is 0 Å². The van der Waals surface area contributed by atoms with Gasteiger partial charge in [-0.05, 0) is 58.8 Å². The van der Waals surface area contributed by atoms with Gasteiger partial charge in [-0.2, -0.15) is 0 Å². The maximum atomic E-state index is 6.18. The molecule has 26 heavy (non-hydrogen) atoms. The Bertz CT molecular complexity index is 327. The van der Waals surface area contributed by atoms with Crippen LogP contribution in [0.15, 0.2) is 12.3 Å². The summed E-state index contributed by atoms with van der Waals surface area (Å²) in [5, 5.41) is 0. The van der Waals surface area contributed by atoms with Crippen LogP contribution < -0.4 is 11.5 Å². The van der Waals surface area contributed by atoms with Crippen molar-refractivity contribution in [3.05, 3.63) is 12.3 Å². The Morgan fingerprint density at radius 3 is 1.54 bits per heavy atom. The van der Waals surface area contributed by atoms with Gasteiger partial charge in [-0.1, -0.05) is 54.0 Å². The summed E-state index contributed by atoms with van der Waals surface area (Å²) in [7, 11) is 0. The number of hydrogen-bond donors (Lipinski definition) is 2. The van der Waals surface area contributed by atoms with Crippen molar-refractivity contribution in [2.45, 2.75) is 93.2 Å². The van der Waals surface area contributed by atoms with Crippen LogP contribution in [-0.4, -0.2) is 48.2 Å². The van der Waals surface area contributed by atoms with Gasteiger partial charge in [0.1, 0.15) is 0 Å². The first kappa shape index (κ1) is 27.6. The molecule has 0 saturated carbocycles. The first-order valence-electron chi connectivity index (χ1n) is 11.0. The molecule has 0 fully saturated rings. The van der Waals surface area contributed by atoms with E-state index in [1.54, 1.807) is 0 Å². The van der Waals surface area contributed by atoms with E-state index in [2.05, 4.69) is 77.5 Å². The number of nitrogens with two attached hydrogens (primary N) is 2. The fourth-order valence-corrected chi connectivity index (χ4v) is 3.61. The Labute approximate surface area is 165 Å². The first-order chi connectivity index (χ1) is 12.3. The van der Waals surface area contributed by atoms with Crippen molar-refractivity contribution in [1.29, 1.82) is 0 Å². The third kappa shape index (κ3) is 9.38. The van der Waals surface area contributed by atoms with Gasteiger partial charge in [-0.25, -0.2) is 0 Å². The molecular formula is C22H50N4. The third-order valence-electron chi connectivity index (χ3n) is 6.04. The van der Waals surface area contributed by atoms with E-state index in [1.165, 1.54) is 0 Å². The SMILES string of the molecule is CCCC(CC)(CC)C(N)(N)CC.CCN(C=CCN(CC)CC)CC. The summed E-state index contributed by atoms with van der Waals surface area (Å²) in [5.74, 6) is 0. The van der Waals surface area contributed by atoms with Crippen LogP contribution >= 0.6 is 0 Å². The zero-order valence-corrected chi connectivity index (χ0v) is 19.3. The molecular weight excluding hydrogens is 320 g/mol. The monoisotopic (exact) mass is 370 g/mol. The molecule has 0 unspecified atom stereocenters. The minimum atomic E-state index is -0.494. The van der Waals surface area contributed by atoms with Crippen LogP contribution in [0.2, 0.25) is 0 Å². The van der Waals surface area contributed by atoms with Crippen LogP contribution in [0.3, 0.4) is 0 Å². The summed E-state index contributed by atoms with van der Waals surface area (Å²) in [4.78, 5) is 4.71. The molecule has 0 aliphatic heterocycles. The number of hydrogen-bond acceptors (Lipinski definition) is 4. The smallest absolute Gasteiger partial charge is 0.0691 e. The average Bonchev–Trinajstić information content (AvgIpc) is 2.66. The maximum Gasteiger partial charge on any atom is 0.0691 e. The maximum absolute atomic E-state index is 6.18. The Hall–Kier alpha value is -0.580. The average molecular weight is 371 g/mol. The minimum Gasteiger partial charge on any atom is -0.378 e. The zero-order chi connectivity index (χ0) is 20.6. The molecule has 0 saturated heterocycles. The molecule has 0 aromatic carbocycles. The topological polar surface area (TPSA) is 58.5 Å². The van der Waals surface area contributed by atoms with E-state index < -0.39 is 5.66 Å². The summed E-state index contributed by atoms with van der Waals surface area (Å²) in [6, 6.07) is 0. The van der Waals surface area contributed by atoms with E-state index in [9.17, 15) is 0 Å². The molecule has 4 heteroatoms. The van der Waals surface area contributed by atoms with Crippen molar-refractivity contribution >= 4 is 0 Å². The standard InChI is InChI=1S/C11H24N2.C11H26N2/c1-5-12(6-2)10-9-11-13(7-3)8-4;1-5-9-10(6-2,7-3)11(12,13)8-4/h9-10H,5-8,11H2,1-4H3;5-9,12-13H2,1-4H3. The highest BCUT2D eigenvalue weighted by molar-refractivity contribution is 4.95. The molecule has 0 heterocycles. The lowest BCUT2D eigenvalue weighted by Gasteiger charge is -2.45. The highest BCUT2D eigenvalue weighted by Gasteiger charge is 2.41. The highest BCUT2D eigenvalue weighted by Crippen LogP contribution is 2.40. The lowest BCUT2D eigenvalue weighted by molar-refractivity contribution is 0.0913. The second-order valence-corrected chi connectivity index (χ2v) is 7.22. The van der Waals surface area contributed by atoms with Gasteiger partial charge < -0.3 is 21.3 Å². The Balaban J connectivity index is 0. The summed E-state index contributed by atoms with van der Waals surface area (Å²) in [5.41, 5.74) is 12.0. The quantitative estimate of drug-likeness (QED) is 0.457. The van der Waals surface area contributed by atoms with Crippen molar-refractivity contribution in [2.24, 2.45) is 16.9 Å². The van der Waals surface area contributed by atoms with E-state index >= 15 is 0 Å². The lowest BCUT2D eigenvalue weighted by atomic mass is 9.67. The van der Waals surface area contributed by atoms with Gasteiger partial charge in [0, 0.05) is 25.0 Å². The van der Waals surface area contributed by atoms with Crippen molar-refractivity contribution in [1.82, 2.24) is 9.80 Å². The first-order valence-corrected chi connectivity index (χ1v) is 11.0. The molecule has 4 N–H and O–H groups in total. The molecule has 0 rings (SSSR count). The van der Waals surface area contributed by atoms with Crippen molar-refractivity contribution in [3.63, 3.8) is 0 Å². The lowest BCUT2D eigenvalue weighted by Crippen LogP contribution is -2.61. The van der Waals surface area contributed by atoms with Gasteiger partial charge in [-0.3, -0.25) is 0 Å². The van der Waals surface area contributed by atoms with Crippen LogP contribution in [0.1, 0.15) is 87.5 Å². The van der Waals surface area contributed by atoms with Crippen molar-refractivity contribution in [3.8, 4) is 0 Å².